The van der Waals surface area contributed by atoms with E-state index in [1.165, 1.54) is 6.07 Å². The molecule has 0 atom stereocenters. The Bertz CT molecular complexity index is 316. The fourth-order valence-electron chi connectivity index (χ4n) is 1.82. The number of hydrogen-bond acceptors (Lipinski definition) is 1. The van der Waals surface area contributed by atoms with Crippen molar-refractivity contribution in [1.82, 2.24) is 0 Å². The summed E-state index contributed by atoms with van der Waals surface area (Å²) in [6.45, 7) is 6.03. The summed E-state index contributed by atoms with van der Waals surface area (Å²) >= 11 is 0. The van der Waals surface area contributed by atoms with Gasteiger partial charge in [-0.2, -0.15) is 0 Å². The molecule has 0 aliphatic heterocycles. The zero-order valence-corrected chi connectivity index (χ0v) is 9.10. The molecule has 0 spiro atoms. The van der Waals surface area contributed by atoms with Crippen LogP contribution < -0.4 is 5.73 Å². The van der Waals surface area contributed by atoms with Gasteiger partial charge in [-0.15, -0.1) is 0 Å². The van der Waals surface area contributed by atoms with E-state index in [0.717, 1.165) is 24.0 Å². The molecule has 0 aliphatic rings. The van der Waals surface area contributed by atoms with Gasteiger partial charge in [0.25, 0.3) is 0 Å². The zero-order valence-electron chi connectivity index (χ0n) is 9.10. The van der Waals surface area contributed by atoms with Crippen molar-refractivity contribution in [2.45, 2.75) is 39.2 Å². The van der Waals surface area contributed by atoms with E-state index in [4.69, 9.17) is 5.73 Å². The highest BCUT2D eigenvalue weighted by molar-refractivity contribution is 5.32. The highest BCUT2D eigenvalue weighted by Crippen LogP contribution is 2.28. The van der Waals surface area contributed by atoms with Crippen LogP contribution in [0, 0.1) is 12.7 Å². The van der Waals surface area contributed by atoms with Crippen molar-refractivity contribution < 1.29 is 4.39 Å². The molecule has 0 bridgehead atoms. The van der Waals surface area contributed by atoms with Crippen molar-refractivity contribution >= 4 is 0 Å². The van der Waals surface area contributed by atoms with Gasteiger partial charge in [-0.05, 0) is 43.0 Å². The largest absolute Gasteiger partial charge is 0.321 e. The molecule has 2 N–H and O–H groups in total. The predicted molar refractivity (Wildman–Crippen MR) is 57.6 cm³/mol. The van der Waals surface area contributed by atoms with Crippen molar-refractivity contribution in [1.29, 1.82) is 0 Å². The van der Waals surface area contributed by atoms with Crippen molar-refractivity contribution in [2.75, 3.05) is 0 Å². The summed E-state index contributed by atoms with van der Waals surface area (Å²) in [7, 11) is 0. The van der Waals surface area contributed by atoms with Crippen LogP contribution in [0.15, 0.2) is 18.2 Å². The molecule has 78 valence electrons. The van der Waals surface area contributed by atoms with Gasteiger partial charge in [0.15, 0.2) is 0 Å². The molecular weight excluding hydrogens is 177 g/mol. The molecule has 0 fully saturated rings. The Hall–Kier alpha value is -0.890. The van der Waals surface area contributed by atoms with Gasteiger partial charge in [-0.1, -0.05) is 19.9 Å². The third-order valence-electron chi connectivity index (χ3n) is 2.99. The van der Waals surface area contributed by atoms with Gasteiger partial charge in [0.2, 0.25) is 0 Å². The first-order chi connectivity index (χ1) is 6.53. The fraction of sp³-hybridized carbons (Fsp3) is 0.500. The minimum atomic E-state index is -0.308. The van der Waals surface area contributed by atoms with Crippen molar-refractivity contribution in [3.05, 3.63) is 35.1 Å². The van der Waals surface area contributed by atoms with E-state index < -0.39 is 0 Å². The van der Waals surface area contributed by atoms with Crippen molar-refractivity contribution in [3.63, 3.8) is 0 Å². The van der Waals surface area contributed by atoms with E-state index in [9.17, 15) is 4.39 Å². The lowest BCUT2D eigenvalue weighted by molar-refractivity contribution is 0.410. The number of benzene rings is 1. The third-order valence-corrected chi connectivity index (χ3v) is 2.99. The van der Waals surface area contributed by atoms with E-state index in [2.05, 4.69) is 13.8 Å². The number of rotatable bonds is 3. The first kappa shape index (κ1) is 11.2. The van der Waals surface area contributed by atoms with Gasteiger partial charge < -0.3 is 5.73 Å². The van der Waals surface area contributed by atoms with Crippen LogP contribution in [-0.4, -0.2) is 0 Å². The van der Waals surface area contributed by atoms with Crippen LogP contribution in [0.2, 0.25) is 0 Å². The lowest BCUT2D eigenvalue weighted by Gasteiger charge is -2.29. The molecular formula is C12H18FN. The minimum Gasteiger partial charge on any atom is -0.321 e. The third kappa shape index (κ3) is 1.95. The molecule has 1 aromatic rings. The normalized spacial score (nSPS) is 11.8. The first-order valence-electron chi connectivity index (χ1n) is 5.09. The van der Waals surface area contributed by atoms with E-state index >= 15 is 0 Å². The lowest BCUT2D eigenvalue weighted by Crippen LogP contribution is -2.35. The highest BCUT2D eigenvalue weighted by Gasteiger charge is 2.24. The molecule has 1 aromatic carbocycles. The van der Waals surface area contributed by atoms with Crippen molar-refractivity contribution in [3.8, 4) is 0 Å². The van der Waals surface area contributed by atoms with E-state index in [-0.39, 0.29) is 11.4 Å². The molecule has 0 amide bonds. The van der Waals surface area contributed by atoms with Gasteiger partial charge in [0.1, 0.15) is 5.82 Å². The topological polar surface area (TPSA) is 26.0 Å². The van der Waals surface area contributed by atoms with Crippen LogP contribution in [0.5, 0.6) is 0 Å². The summed E-state index contributed by atoms with van der Waals surface area (Å²) in [6.07, 6.45) is 1.74. The second kappa shape index (κ2) is 4.09. The van der Waals surface area contributed by atoms with Gasteiger partial charge in [0.05, 0.1) is 0 Å². The Kier molecular flexibility index (Phi) is 3.27. The standard InChI is InChI=1S/C12H18FN/c1-4-12(14,5-2)11-7-6-10(13)8-9(11)3/h6-8H,4-5,14H2,1-3H3. The predicted octanol–water partition coefficient (Wildman–Crippen LogP) is 3.11. The van der Waals surface area contributed by atoms with Crippen LogP contribution in [-0.2, 0) is 5.54 Å². The lowest BCUT2D eigenvalue weighted by atomic mass is 9.83. The summed E-state index contributed by atoms with van der Waals surface area (Å²) in [4.78, 5) is 0. The summed E-state index contributed by atoms with van der Waals surface area (Å²) in [5.41, 5.74) is 7.94. The Morgan fingerprint density at radius 1 is 1.29 bits per heavy atom. The van der Waals surface area contributed by atoms with E-state index in [1.807, 2.05) is 6.92 Å². The molecule has 0 aromatic heterocycles. The quantitative estimate of drug-likeness (QED) is 0.788. The first-order valence-corrected chi connectivity index (χ1v) is 5.09. The summed E-state index contributed by atoms with van der Waals surface area (Å²) in [5.74, 6) is -0.194. The molecule has 0 saturated heterocycles. The molecule has 2 heteroatoms. The SMILES string of the molecule is CCC(N)(CC)c1ccc(F)cc1C. The maximum atomic E-state index is 12.9. The average molecular weight is 195 g/mol. The second-order valence-electron chi connectivity index (χ2n) is 3.82. The minimum absolute atomic E-state index is 0.194. The van der Waals surface area contributed by atoms with Crippen LogP contribution in [0.3, 0.4) is 0 Å². The van der Waals surface area contributed by atoms with Crippen LogP contribution >= 0.6 is 0 Å². The molecule has 1 nitrogen and oxygen atoms in total. The Labute approximate surface area is 85.1 Å². The smallest absolute Gasteiger partial charge is 0.123 e. The molecule has 0 unspecified atom stereocenters. The van der Waals surface area contributed by atoms with Crippen molar-refractivity contribution in [2.24, 2.45) is 5.73 Å². The van der Waals surface area contributed by atoms with Gasteiger partial charge in [-0.25, -0.2) is 4.39 Å². The molecule has 14 heavy (non-hydrogen) atoms. The maximum Gasteiger partial charge on any atom is 0.123 e. The number of aryl methyl sites for hydroxylation is 1. The van der Waals surface area contributed by atoms with Crippen LogP contribution in [0.4, 0.5) is 4.39 Å². The summed E-state index contributed by atoms with van der Waals surface area (Å²) < 4.78 is 12.9. The highest BCUT2D eigenvalue weighted by atomic mass is 19.1. The maximum absolute atomic E-state index is 12.9. The number of halogens is 1. The Morgan fingerprint density at radius 2 is 1.86 bits per heavy atom. The number of hydrogen-bond donors (Lipinski definition) is 1. The van der Waals surface area contributed by atoms with Gasteiger partial charge >= 0.3 is 0 Å². The van der Waals surface area contributed by atoms with Gasteiger partial charge in [0, 0.05) is 5.54 Å². The second-order valence-corrected chi connectivity index (χ2v) is 3.82. The monoisotopic (exact) mass is 195 g/mol. The molecule has 0 aliphatic carbocycles. The Balaban J connectivity index is 3.17. The molecule has 0 saturated carbocycles. The van der Waals surface area contributed by atoms with E-state index in [1.54, 1.807) is 12.1 Å². The molecule has 0 radical (unpaired) electrons. The Morgan fingerprint density at radius 3 is 2.29 bits per heavy atom. The summed E-state index contributed by atoms with van der Waals surface area (Å²) in [6, 6.07) is 4.83. The van der Waals surface area contributed by atoms with Crippen LogP contribution in [0.25, 0.3) is 0 Å². The van der Waals surface area contributed by atoms with Gasteiger partial charge in [-0.3, -0.25) is 0 Å². The molecule has 1 rings (SSSR count). The zero-order chi connectivity index (χ0) is 10.8. The van der Waals surface area contributed by atoms with Crippen LogP contribution in [0.1, 0.15) is 37.8 Å². The summed E-state index contributed by atoms with van der Waals surface area (Å²) in [5, 5.41) is 0. The number of nitrogens with two attached hydrogens (primary N) is 1. The molecule has 0 heterocycles. The van der Waals surface area contributed by atoms with E-state index in [0.29, 0.717) is 0 Å². The fourth-order valence-corrected chi connectivity index (χ4v) is 1.82. The average Bonchev–Trinajstić information content (AvgIpc) is 2.17.